The first kappa shape index (κ1) is 29.2. The molecule has 0 amide bonds. The summed E-state index contributed by atoms with van der Waals surface area (Å²) in [6.45, 7) is 17.3. The van der Waals surface area contributed by atoms with Gasteiger partial charge in [-0.05, 0) is 137 Å². The lowest BCUT2D eigenvalue weighted by Crippen LogP contribution is -2.48. The molecule has 0 radical (unpaired) electrons. The number of fused-ring (bicyclic) bond motifs is 9. The van der Waals surface area contributed by atoms with Crippen molar-refractivity contribution < 1.29 is 11.3 Å². The molecule has 0 spiro atoms. The van der Waals surface area contributed by atoms with Gasteiger partial charge in [0.25, 0.3) is 0 Å². The molecule has 0 aliphatic heterocycles. The van der Waals surface area contributed by atoms with Gasteiger partial charge < -0.3 is 4.42 Å². The van der Waals surface area contributed by atoms with Crippen LogP contribution in [-0.4, -0.2) is 4.98 Å². The number of rotatable bonds is 3. The summed E-state index contributed by atoms with van der Waals surface area (Å²) in [4.78, 5) is 4.61. The van der Waals surface area contributed by atoms with Gasteiger partial charge in [0, 0.05) is 29.4 Å². The molecule has 2 aromatic heterocycles. The Morgan fingerprint density at radius 2 is 1.30 bits per heavy atom. The highest BCUT2D eigenvalue weighted by molar-refractivity contribution is 6.18. The Morgan fingerprint density at radius 1 is 0.630 bits per heavy atom. The fraction of sp³-hybridized carbons (Fsp3) is 0.288. The van der Waals surface area contributed by atoms with E-state index >= 15 is 0 Å². The van der Waals surface area contributed by atoms with Crippen molar-refractivity contribution in [3.8, 4) is 33.5 Å². The van der Waals surface area contributed by atoms with Crippen LogP contribution in [0.5, 0.6) is 0 Å². The van der Waals surface area contributed by atoms with E-state index in [-0.39, 0.29) is 27.4 Å². The first-order valence-electron chi connectivity index (χ1n) is 21.6. The summed E-state index contributed by atoms with van der Waals surface area (Å²) in [6, 6.07) is 38.9. The largest absolute Gasteiger partial charge is 0.455 e. The summed E-state index contributed by atoms with van der Waals surface area (Å²) < 4.78 is 49.4. The van der Waals surface area contributed by atoms with Crippen LogP contribution >= 0.6 is 0 Å². The summed E-state index contributed by atoms with van der Waals surface area (Å²) in [6.07, 6.45) is -0.631. The van der Waals surface area contributed by atoms with Crippen LogP contribution in [-0.2, 0) is 17.2 Å². The maximum absolute atomic E-state index is 9.06. The average Bonchev–Trinajstić information content (AvgIpc) is 3.54. The molecule has 2 heteroatoms. The zero-order valence-corrected chi connectivity index (χ0v) is 32.8. The molecule has 1 aliphatic rings. The molecule has 6 aromatic carbocycles. The Labute approximate surface area is 327 Å². The third kappa shape index (κ3) is 5.09. The second kappa shape index (κ2) is 11.6. The van der Waals surface area contributed by atoms with E-state index < -0.39 is 18.6 Å². The molecule has 0 bridgehead atoms. The second-order valence-electron chi connectivity index (χ2n) is 18.0. The van der Waals surface area contributed by atoms with Gasteiger partial charge in [-0.15, -0.1) is 0 Å². The first-order chi connectivity index (χ1) is 27.5. The van der Waals surface area contributed by atoms with Crippen molar-refractivity contribution in [2.24, 2.45) is 10.8 Å². The lowest BCUT2D eigenvalue weighted by Gasteiger charge is -2.51. The number of aromatic nitrogens is 1. The highest BCUT2D eigenvalue weighted by Crippen LogP contribution is 2.59. The zero-order valence-electron chi connectivity index (χ0n) is 37.8. The molecule has 9 rings (SSSR count). The molecule has 2 heterocycles. The minimum Gasteiger partial charge on any atom is -0.455 e. The summed E-state index contributed by atoms with van der Waals surface area (Å²) in [5.41, 5.74) is 9.12. The Morgan fingerprint density at radius 3 is 2.09 bits per heavy atom. The third-order valence-corrected chi connectivity index (χ3v) is 13.2. The first-order valence-corrected chi connectivity index (χ1v) is 19.1. The van der Waals surface area contributed by atoms with Gasteiger partial charge in [-0.25, -0.2) is 0 Å². The fourth-order valence-corrected chi connectivity index (χ4v) is 9.03. The van der Waals surface area contributed by atoms with Gasteiger partial charge in [-0.3, -0.25) is 4.98 Å². The van der Waals surface area contributed by atoms with E-state index in [2.05, 4.69) is 131 Å². The van der Waals surface area contributed by atoms with Gasteiger partial charge in [0.1, 0.15) is 11.2 Å². The molecule has 0 atom stereocenters. The maximum atomic E-state index is 9.06. The number of benzene rings is 6. The van der Waals surface area contributed by atoms with Crippen LogP contribution in [0.15, 0.2) is 120 Å². The number of para-hydroxylation sites is 1. The van der Waals surface area contributed by atoms with Gasteiger partial charge in [-0.2, -0.15) is 0 Å². The van der Waals surface area contributed by atoms with Gasteiger partial charge in [-0.1, -0.05) is 135 Å². The number of aryl methyl sites for hydroxylation is 1. The van der Waals surface area contributed by atoms with Crippen molar-refractivity contribution in [2.45, 2.75) is 86.4 Å². The Kier molecular flexibility index (Phi) is 6.29. The van der Waals surface area contributed by atoms with Crippen LogP contribution < -0.4 is 0 Å². The molecule has 1 aliphatic carbocycles. The summed E-state index contributed by atoms with van der Waals surface area (Å²) >= 11 is 0. The molecule has 0 unspecified atom stereocenters. The minimum atomic E-state index is -2.52. The van der Waals surface area contributed by atoms with Crippen molar-refractivity contribution in [3.05, 3.63) is 138 Å². The SMILES string of the molecule is [2H]C([2H])([2H])c1cnc(-c2cccc3c2oc2cc4c(ccc5ccc(-c6ccc7c(c6)C(C)(C)C(C)(C)C(C)(C)c6ccccc6-7)cc54)cc23)cc1C([2H])([2H])C(C)(C)C. The van der Waals surface area contributed by atoms with Crippen molar-refractivity contribution in [1.29, 1.82) is 0 Å². The maximum Gasteiger partial charge on any atom is 0.144 e. The van der Waals surface area contributed by atoms with Crippen molar-refractivity contribution in [2.75, 3.05) is 0 Å². The Balaban J connectivity index is 1.20. The van der Waals surface area contributed by atoms with E-state index in [1.807, 2.05) is 18.2 Å². The predicted octanol–water partition coefficient (Wildman–Crippen LogP) is 14.8. The molecule has 54 heavy (non-hydrogen) atoms. The van der Waals surface area contributed by atoms with Crippen LogP contribution in [0.1, 0.15) is 91.4 Å². The standard InChI is InChI=1S/C52H51NO/c1-31-30-53-46(27-36(31)29-49(2,3)4)40-16-13-15-39-43-25-35-21-19-32-18-20-33(24-41(32)42(35)28-47(43)54-48(39)40)34-22-23-38-37-14-11-12-17-44(37)50(5,6)52(9,10)51(7,8)45(38)26-34/h11-28,30H,29H2,1-10H3/i1D3,29D2. The molecule has 270 valence electrons. The van der Waals surface area contributed by atoms with Crippen LogP contribution in [0.25, 0.3) is 77.0 Å². The van der Waals surface area contributed by atoms with Crippen LogP contribution in [0.2, 0.25) is 0 Å². The quantitative estimate of drug-likeness (QED) is 0.171. The summed E-state index contributed by atoms with van der Waals surface area (Å²) in [7, 11) is 0. The van der Waals surface area contributed by atoms with Crippen LogP contribution in [0, 0.1) is 17.7 Å². The van der Waals surface area contributed by atoms with E-state index in [1.165, 1.54) is 34.0 Å². The monoisotopic (exact) mass is 710 g/mol. The molecular weight excluding hydrogens is 655 g/mol. The van der Waals surface area contributed by atoms with Gasteiger partial charge in [0.2, 0.25) is 0 Å². The molecule has 8 aromatic rings. The molecule has 0 saturated heterocycles. The van der Waals surface area contributed by atoms with Gasteiger partial charge in [0.05, 0.1) is 5.69 Å². The summed E-state index contributed by atoms with van der Waals surface area (Å²) in [5.74, 6) is 0. The highest BCUT2D eigenvalue weighted by atomic mass is 16.3. The van der Waals surface area contributed by atoms with E-state index in [0.29, 0.717) is 16.8 Å². The Hall–Kier alpha value is -5.21. The van der Waals surface area contributed by atoms with E-state index in [4.69, 9.17) is 11.3 Å². The molecule has 0 N–H and O–H groups in total. The Bertz CT molecular complexity index is 3030. The smallest absolute Gasteiger partial charge is 0.144 e. The van der Waals surface area contributed by atoms with Crippen LogP contribution in [0.3, 0.4) is 0 Å². The molecule has 2 nitrogen and oxygen atoms in total. The minimum absolute atomic E-state index is 0.0583. The van der Waals surface area contributed by atoms with Gasteiger partial charge in [0.15, 0.2) is 0 Å². The average molecular weight is 711 g/mol. The zero-order chi connectivity index (χ0) is 42.2. The lowest BCUT2D eigenvalue weighted by atomic mass is 9.52. The van der Waals surface area contributed by atoms with Crippen molar-refractivity contribution in [1.82, 2.24) is 4.98 Å². The third-order valence-electron chi connectivity index (χ3n) is 13.2. The van der Waals surface area contributed by atoms with E-state index in [0.717, 1.165) is 43.5 Å². The van der Waals surface area contributed by atoms with E-state index in [1.54, 1.807) is 26.8 Å². The number of furan rings is 1. The fourth-order valence-electron chi connectivity index (χ4n) is 9.03. The highest BCUT2D eigenvalue weighted by Gasteiger charge is 2.52. The normalized spacial score (nSPS) is 18.0. The molecule has 0 fully saturated rings. The second-order valence-corrected chi connectivity index (χ2v) is 18.0. The molecular formula is C52H51NO. The number of pyridine rings is 1. The number of hydrogen-bond acceptors (Lipinski definition) is 2. The van der Waals surface area contributed by atoms with Crippen LogP contribution in [0.4, 0.5) is 0 Å². The number of nitrogens with zero attached hydrogens (tertiary/aromatic N) is 1. The van der Waals surface area contributed by atoms with Crippen molar-refractivity contribution in [3.63, 3.8) is 0 Å². The number of hydrogen-bond donors (Lipinski definition) is 0. The summed E-state index contributed by atoms with van der Waals surface area (Å²) in [5, 5.41) is 6.34. The predicted molar refractivity (Wildman–Crippen MR) is 231 cm³/mol. The van der Waals surface area contributed by atoms with E-state index in [9.17, 15) is 0 Å². The molecule has 0 saturated carbocycles. The topological polar surface area (TPSA) is 26.0 Å². The van der Waals surface area contributed by atoms with Crippen molar-refractivity contribution >= 4 is 43.5 Å². The lowest BCUT2D eigenvalue weighted by molar-refractivity contribution is 0.0948. The van der Waals surface area contributed by atoms with Gasteiger partial charge >= 0.3 is 0 Å².